The molecule has 2 nitrogen and oxygen atoms in total. The lowest BCUT2D eigenvalue weighted by Crippen LogP contribution is -2.03. The molecule has 1 aromatic carbocycles. The summed E-state index contributed by atoms with van der Waals surface area (Å²) >= 11 is 0. The third-order valence-corrected chi connectivity index (χ3v) is 2.31. The molecule has 0 aliphatic carbocycles. The van der Waals surface area contributed by atoms with Crippen molar-refractivity contribution < 1.29 is 10.2 Å². The van der Waals surface area contributed by atoms with E-state index in [9.17, 15) is 5.11 Å². The molecule has 1 aromatic rings. The Bertz CT molecular complexity index is 281. The predicted octanol–water partition coefficient (Wildman–Crippen LogP) is 1.58. The van der Waals surface area contributed by atoms with E-state index in [2.05, 4.69) is 6.92 Å². The van der Waals surface area contributed by atoms with E-state index in [1.807, 2.05) is 25.1 Å². The van der Waals surface area contributed by atoms with Gasteiger partial charge >= 0.3 is 0 Å². The van der Waals surface area contributed by atoms with Crippen LogP contribution >= 0.6 is 0 Å². The zero-order valence-electron chi connectivity index (χ0n) is 8.12. The van der Waals surface area contributed by atoms with Crippen LogP contribution in [0, 0.1) is 6.92 Å². The van der Waals surface area contributed by atoms with Crippen molar-refractivity contribution >= 4 is 0 Å². The molecular weight excluding hydrogens is 164 g/mol. The van der Waals surface area contributed by atoms with Crippen LogP contribution < -0.4 is 0 Å². The lowest BCUT2D eigenvalue weighted by atomic mass is 10.0. The van der Waals surface area contributed by atoms with Gasteiger partial charge in [-0.15, -0.1) is 0 Å². The first-order valence-corrected chi connectivity index (χ1v) is 4.57. The average Bonchev–Trinajstić information content (AvgIpc) is 2.17. The first-order valence-electron chi connectivity index (χ1n) is 4.57. The molecule has 0 aliphatic rings. The van der Waals surface area contributed by atoms with Crippen LogP contribution in [0.25, 0.3) is 0 Å². The molecule has 0 bridgehead atoms. The maximum absolute atomic E-state index is 9.39. The zero-order valence-corrected chi connectivity index (χ0v) is 8.12. The van der Waals surface area contributed by atoms with Crippen LogP contribution in [0.15, 0.2) is 18.2 Å². The third kappa shape index (κ3) is 2.29. The Morgan fingerprint density at radius 2 is 2.08 bits per heavy atom. The van der Waals surface area contributed by atoms with Gasteiger partial charge in [0.15, 0.2) is 0 Å². The predicted molar refractivity (Wildman–Crippen MR) is 52.6 cm³/mol. The minimum atomic E-state index is -0.745. The van der Waals surface area contributed by atoms with E-state index < -0.39 is 6.10 Å². The zero-order chi connectivity index (χ0) is 9.84. The van der Waals surface area contributed by atoms with E-state index in [1.54, 1.807) is 0 Å². The summed E-state index contributed by atoms with van der Waals surface area (Å²) in [5, 5.41) is 18.2. The van der Waals surface area contributed by atoms with E-state index in [1.165, 1.54) is 11.1 Å². The lowest BCUT2D eigenvalue weighted by molar-refractivity contribution is 0.0955. The fourth-order valence-electron chi connectivity index (χ4n) is 1.38. The molecule has 0 heterocycles. The molecule has 0 aliphatic heterocycles. The van der Waals surface area contributed by atoms with E-state index in [0.717, 1.165) is 12.0 Å². The lowest BCUT2D eigenvalue weighted by Gasteiger charge is -2.10. The number of aryl methyl sites for hydroxylation is 2. The molecule has 0 aromatic heterocycles. The van der Waals surface area contributed by atoms with Gasteiger partial charge in [0.2, 0.25) is 0 Å². The van der Waals surface area contributed by atoms with Gasteiger partial charge in [0.25, 0.3) is 0 Å². The van der Waals surface area contributed by atoms with E-state index in [4.69, 9.17) is 5.11 Å². The van der Waals surface area contributed by atoms with Crippen LogP contribution in [0.4, 0.5) is 0 Å². The van der Waals surface area contributed by atoms with Gasteiger partial charge in [0, 0.05) is 0 Å². The summed E-state index contributed by atoms with van der Waals surface area (Å²) in [6.45, 7) is 3.91. The summed E-state index contributed by atoms with van der Waals surface area (Å²) in [6.07, 6.45) is 0.212. The Morgan fingerprint density at radius 1 is 1.38 bits per heavy atom. The van der Waals surface area contributed by atoms with Gasteiger partial charge in [-0.2, -0.15) is 0 Å². The number of benzene rings is 1. The molecule has 0 fully saturated rings. The van der Waals surface area contributed by atoms with Gasteiger partial charge in [0.05, 0.1) is 6.61 Å². The van der Waals surface area contributed by atoms with E-state index in [-0.39, 0.29) is 6.61 Å². The quantitative estimate of drug-likeness (QED) is 0.741. The highest BCUT2D eigenvalue weighted by Gasteiger charge is 2.06. The number of aliphatic hydroxyl groups excluding tert-OH is 2. The number of rotatable bonds is 3. The smallest absolute Gasteiger partial charge is 0.102 e. The summed E-state index contributed by atoms with van der Waals surface area (Å²) in [5.74, 6) is 0. The second-order valence-corrected chi connectivity index (χ2v) is 3.24. The first-order chi connectivity index (χ1) is 6.19. The molecule has 1 atom stereocenters. The summed E-state index contributed by atoms with van der Waals surface area (Å²) in [4.78, 5) is 0. The highest BCUT2D eigenvalue weighted by Crippen LogP contribution is 2.17. The molecule has 0 amide bonds. The van der Waals surface area contributed by atoms with Crippen LogP contribution in [0.2, 0.25) is 0 Å². The molecule has 0 radical (unpaired) electrons. The highest BCUT2D eigenvalue weighted by molar-refractivity contribution is 5.32. The number of hydrogen-bond acceptors (Lipinski definition) is 2. The molecule has 72 valence electrons. The molecule has 0 saturated heterocycles. The van der Waals surface area contributed by atoms with E-state index in [0.29, 0.717) is 0 Å². The average molecular weight is 180 g/mol. The summed E-state index contributed by atoms with van der Waals surface area (Å²) < 4.78 is 0. The van der Waals surface area contributed by atoms with Crippen molar-refractivity contribution in [1.29, 1.82) is 0 Å². The van der Waals surface area contributed by atoms with Gasteiger partial charge in [-0.1, -0.05) is 25.1 Å². The monoisotopic (exact) mass is 180 g/mol. The standard InChI is InChI=1S/C11H16O2/c1-3-9-6-10(11(13)7-12)5-4-8(9)2/h4-6,11-13H,3,7H2,1-2H3/t11-/m0/s1. The highest BCUT2D eigenvalue weighted by atomic mass is 16.3. The van der Waals surface area contributed by atoms with Gasteiger partial charge < -0.3 is 10.2 Å². The topological polar surface area (TPSA) is 40.5 Å². The fourth-order valence-corrected chi connectivity index (χ4v) is 1.38. The van der Waals surface area contributed by atoms with Gasteiger partial charge in [-0.3, -0.25) is 0 Å². The molecule has 0 spiro atoms. The fraction of sp³-hybridized carbons (Fsp3) is 0.455. The molecular formula is C11H16O2. The van der Waals surface area contributed by atoms with Crippen molar-refractivity contribution in [3.63, 3.8) is 0 Å². The van der Waals surface area contributed by atoms with Crippen molar-refractivity contribution in [2.24, 2.45) is 0 Å². The molecule has 1 rings (SSSR count). The first kappa shape index (κ1) is 10.2. The minimum Gasteiger partial charge on any atom is -0.393 e. The van der Waals surface area contributed by atoms with Crippen molar-refractivity contribution in [3.8, 4) is 0 Å². The van der Waals surface area contributed by atoms with Crippen LogP contribution in [-0.2, 0) is 6.42 Å². The largest absolute Gasteiger partial charge is 0.393 e. The summed E-state index contributed by atoms with van der Waals surface area (Å²) in [6, 6.07) is 5.79. The van der Waals surface area contributed by atoms with Crippen molar-refractivity contribution in [3.05, 3.63) is 34.9 Å². The third-order valence-electron chi connectivity index (χ3n) is 2.31. The molecule has 2 N–H and O–H groups in total. The van der Waals surface area contributed by atoms with Gasteiger partial charge in [0.1, 0.15) is 6.10 Å². The number of aliphatic hydroxyl groups is 2. The second-order valence-electron chi connectivity index (χ2n) is 3.24. The molecule has 13 heavy (non-hydrogen) atoms. The second kappa shape index (κ2) is 4.40. The number of hydrogen-bond donors (Lipinski definition) is 2. The van der Waals surface area contributed by atoms with Crippen LogP contribution in [0.1, 0.15) is 29.7 Å². The molecule has 0 unspecified atom stereocenters. The Kier molecular flexibility index (Phi) is 3.46. The molecule has 0 saturated carbocycles. The maximum Gasteiger partial charge on any atom is 0.102 e. The Hall–Kier alpha value is -0.860. The Morgan fingerprint density at radius 3 is 2.62 bits per heavy atom. The molecule has 2 heteroatoms. The van der Waals surface area contributed by atoms with Crippen molar-refractivity contribution in [2.45, 2.75) is 26.4 Å². The SMILES string of the molecule is CCc1cc([C@@H](O)CO)ccc1C. The Balaban J connectivity index is 2.99. The normalized spacial score (nSPS) is 12.9. The van der Waals surface area contributed by atoms with Crippen LogP contribution in [0.5, 0.6) is 0 Å². The minimum absolute atomic E-state index is 0.216. The van der Waals surface area contributed by atoms with Crippen LogP contribution in [-0.4, -0.2) is 16.8 Å². The van der Waals surface area contributed by atoms with Gasteiger partial charge in [-0.25, -0.2) is 0 Å². The maximum atomic E-state index is 9.39. The van der Waals surface area contributed by atoms with Crippen LogP contribution in [0.3, 0.4) is 0 Å². The van der Waals surface area contributed by atoms with E-state index >= 15 is 0 Å². The Labute approximate surface area is 78.8 Å². The summed E-state index contributed by atoms with van der Waals surface area (Å²) in [5.41, 5.74) is 3.26. The van der Waals surface area contributed by atoms with Crippen molar-refractivity contribution in [1.82, 2.24) is 0 Å². The summed E-state index contributed by atoms with van der Waals surface area (Å²) in [7, 11) is 0. The van der Waals surface area contributed by atoms with Crippen molar-refractivity contribution in [2.75, 3.05) is 6.61 Å². The van der Waals surface area contributed by atoms with Gasteiger partial charge in [-0.05, 0) is 30.0 Å².